The van der Waals surface area contributed by atoms with Crippen molar-refractivity contribution < 1.29 is 4.39 Å². The van der Waals surface area contributed by atoms with Crippen molar-refractivity contribution in [3.05, 3.63) is 90.7 Å². The van der Waals surface area contributed by atoms with Crippen LogP contribution in [0.5, 0.6) is 0 Å². The Labute approximate surface area is 155 Å². The van der Waals surface area contributed by atoms with Gasteiger partial charge < -0.3 is 4.98 Å². The van der Waals surface area contributed by atoms with E-state index in [9.17, 15) is 4.39 Å². The first-order chi connectivity index (χ1) is 13.3. The third-order valence-corrected chi connectivity index (χ3v) is 4.76. The molecule has 4 heteroatoms. The molecule has 27 heavy (non-hydrogen) atoms. The van der Waals surface area contributed by atoms with Crippen LogP contribution in [0.1, 0.15) is 0 Å². The second-order valence-corrected chi connectivity index (χ2v) is 6.46. The molecule has 0 spiro atoms. The molecule has 0 aliphatic rings. The first-order valence-electron chi connectivity index (χ1n) is 8.77. The highest BCUT2D eigenvalue weighted by Gasteiger charge is 2.17. The van der Waals surface area contributed by atoms with Crippen molar-refractivity contribution in [2.45, 2.75) is 0 Å². The van der Waals surface area contributed by atoms with E-state index in [2.05, 4.69) is 39.4 Å². The number of aromatic nitrogens is 3. The molecular formula is C23H16FN3. The van der Waals surface area contributed by atoms with Crippen molar-refractivity contribution in [1.82, 2.24) is 15.2 Å². The number of fused-ring (bicyclic) bond motifs is 1. The monoisotopic (exact) mass is 353 g/mol. The summed E-state index contributed by atoms with van der Waals surface area (Å²) in [6.45, 7) is 0. The number of halogens is 1. The normalized spacial score (nSPS) is 11.1. The van der Waals surface area contributed by atoms with E-state index in [0.717, 1.165) is 44.7 Å². The number of H-pyrrole nitrogens is 2. The number of para-hydroxylation sites is 1. The zero-order chi connectivity index (χ0) is 18.2. The van der Waals surface area contributed by atoms with Gasteiger partial charge in [-0.15, -0.1) is 0 Å². The van der Waals surface area contributed by atoms with Gasteiger partial charge in [0.05, 0.1) is 17.1 Å². The molecule has 0 aliphatic carbocycles. The molecule has 5 aromatic rings. The molecule has 0 unspecified atom stereocenters. The van der Waals surface area contributed by atoms with Gasteiger partial charge in [0.25, 0.3) is 0 Å². The summed E-state index contributed by atoms with van der Waals surface area (Å²) >= 11 is 0. The van der Waals surface area contributed by atoms with E-state index in [0.29, 0.717) is 0 Å². The summed E-state index contributed by atoms with van der Waals surface area (Å²) < 4.78 is 13.2. The Balaban J connectivity index is 1.70. The number of rotatable bonds is 3. The van der Waals surface area contributed by atoms with Crippen LogP contribution in [0.4, 0.5) is 4.39 Å². The van der Waals surface area contributed by atoms with E-state index in [1.165, 1.54) is 12.1 Å². The lowest BCUT2D eigenvalue weighted by Gasteiger charge is -2.03. The first kappa shape index (κ1) is 15.6. The van der Waals surface area contributed by atoms with Crippen LogP contribution < -0.4 is 0 Å². The van der Waals surface area contributed by atoms with E-state index in [1.807, 2.05) is 36.4 Å². The molecule has 0 aliphatic heterocycles. The molecule has 2 aromatic heterocycles. The first-order valence-corrected chi connectivity index (χ1v) is 8.77. The summed E-state index contributed by atoms with van der Waals surface area (Å²) in [7, 11) is 0. The molecule has 0 fully saturated rings. The van der Waals surface area contributed by atoms with E-state index in [4.69, 9.17) is 0 Å². The Morgan fingerprint density at radius 3 is 2.30 bits per heavy atom. The summed E-state index contributed by atoms with van der Waals surface area (Å²) in [5, 5.41) is 8.74. The van der Waals surface area contributed by atoms with Crippen LogP contribution in [0.15, 0.2) is 84.9 Å². The standard InChI is InChI=1S/C23H16FN3/c24-17-12-10-15(11-13-17)20-14-21(27-26-20)22-18-8-4-5-9-19(18)25-23(22)16-6-2-1-3-7-16/h1-14,25H,(H,26,27). The fraction of sp³-hybridized carbons (Fsp3) is 0. The maximum Gasteiger partial charge on any atom is 0.123 e. The third-order valence-electron chi connectivity index (χ3n) is 4.76. The average Bonchev–Trinajstić information content (AvgIpc) is 3.34. The summed E-state index contributed by atoms with van der Waals surface area (Å²) in [4.78, 5) is 3.54. The molecule has 0 bridgehead atoms. The molecule has 5 rings (SSSR count). The Bertz CT molecular complexity index is 1220. The van der Waals surface area contributed by atoms with Crippen molar-refractivity contribution in [2.75, 3.05) is 0 Å². The molecule has 0 saturated heterocycles. The molecule has 3 nitrogen and oxygen atoms in total. The molecule has 3 aromatic carbocycles. The zero-order valence-corrected chi connectivity index (χ0v) is 14.4. The maximum atomic E-state index is 13.2. The number of nitrogens with zero attached hydrogens (tertiary/aromatic N) is 1. The molecule has 0 atom stereocenters. The fourth-order valence-corrected chi connectivity index (χ4v) is 3.46. The topological polar surface area (TPSA) is 44.5 Å². The molecule has 0 amide bonds. The second-order valence-electron chi connectivity index (χ2n) is 6.46. The lowest BCUT2D eigenvalue weighted by atomic mass is 10.0. The van der Waals surface area contributed by atoms with Gasteiger partial charge in [0.2, 0.25) is 0 Å². The number of benzene rings is 3. The van der Waals surface area contributed by atoms with Gasteiger partial charge in [-0.1, -0.05) is 48.5 Å². The number of hydrogen-bond acceptors (Lipinski definition) is 1. The van der Waals surface area contributed by atoms with Crippen LogP contribution in [0.25, 0.3) is 44.7 Å². The highest BCUT2D eigenvalue weighted by atomic mass is 19.1. The van der Waals surface area contributed by atoms with Gasteiger partial charge >= 0.3 is 0 Å². The summed E-state index contributed by atoms with van der Waals surface area (Å²) in [5.41, 5.74) is 6.90. The van der Waals surface area contributed by atoms with Crippen LogP contribution >= 0.6 is 0 Å². The molecule has 130 valence electrons. The van der Waals surface area contributed by atoms with Gasteiger partial charge in [-0.25, -0.2) is 4.39 Å². The SMILES string of the molecule is Fc1ccc(-c2cc(-c3c(-c4ccccc4)[nH]c4ccccc34)[nH]n2)cc1. The predicted octanol–water partition coefficient (Wildman–Crippen LogP) is 6.03. The Morgan fingerprint density at radius 1 is 0.741 bits per heavy atom. The van der Waals surface area contributed by atoms with E-state index < -0.39 is 0 Å². The number of nitrogens with one attached hydrogen (secondary N) is 2. The molecule has 0 radical (unpaired) electrons. The third kappa shape index (κ3) is 2.72. The molecule has 2 heterocycles. The smallest absolute Gasteiger partial charge is 0.123 e. The Morgan fingerprint density at radius 2 is 1.48 bits per heavy atom. The lowest BCUT2D eigenvalue weighted by Crippen LogP contribution is -1.82. The van der Waals surface area contributed by atoms with Gasteiger partial charge in [-0.05, 0) is 42.0 Å². The van der Waals surface area contributed by atoms with Crippen molar-refractivity contribution in [3.63, 3.8) is 0 Å². The fourth-order valence-electron chi connectivity index (χ4n) is 3.46. The maximum absolute atomic E-state index is 13.2. The van der Waals surface area contributed by atoms with Crippen LogP contribution in [-0.4, -0.2) is 15.2 Å². The minimum atomic E-state index is -0.252. The highest BCUT2D eigenvalue weighted by molar-refractivity contribution is 6.03. The lowest BCUT2D eigenvalue weighted by molar-refractivity contribution is 0.628. The molecular weight excluding hydrogens is 337 g/mol. The van der Waals surface area contributed by atoms with Crippen LogP contribution in [-0.2, 0) is 0 Å². The van der Waals surface area contributed by atoms with E-state index >= 15 is 0 Å². The number of hydrogen-bond donors (Lipinski definition) is 2. The van der Waals surface area contributed by atoms with Gasteiger partial charge in [0, 0.05) is 22.0 Å². The van der Waals surface area contributed by atoms with E-state index in [1.54, 1.807) is 12.1 Å². The van der Waals surface area contributed by atoms with Crippen molar-refractivity contribution in [2.24, 2.45) is 0 Å². The Hall–Kier alpha value is -3.66. The van der Waals surface area contributed by atoms with Crippen LogP contribution in [0.3, 0.4) is 0 Å². The van der Waals surface area contributed by atoms with Gasteiger partial charge in [-0.3, -0.25) is 5.10 Å². The van der Waals surface area contributed by atoms with Gasteiger partial charge in [-0.2, -0.15) is 5.10 Å². The summed E-state index contributed by atoms with van der Waals surface area (Å²) in [6, 6.07) is 26.9. The van der Waals surface area contributed by atoms with Crippen LogP contribution in [0.2, 0.25) is 0 Å². The largest absolute Gasteiger partial charge is 0.354 e. The predicted molar refractivity (Wildman–Crippen MR) is 107 cm³/mol. The average molecular weight is 353 g/mol. The second kappa shape index (κ2) is 6.25. The Kier molecular flexibility index (Phi) is 3.61. The molecule has 2 N–H and O–H groups in total. The van der Waals surface area contributed by atoms with Gasteiger partial charge in [0.1, 0.15) is 5.82 Å². The quantitative estimate of drug-likeness (QED) is 0.408. The van der Waals surface area contributed by atoms with Crippen molar-refractivity contribution in [1.29, 1.82) is 0 Å². The number of aromatic amines is 2. The van der Waals surface area contributed by atoms with Crippen molar-refractivity contribution >= 4 is 10.9 Å². The van der Waals surface area contributed by atoms with E-state index in [-0.39, 0.29) is 5.82 Å². The zero-order valence-electron chi connectivity index (χ0n) is 14.4. The minimum Gasteiger partial charge on any atom is -0.354 e. The summed E-state index contributed by atoms with van der Waals surface area (Å²) in [5.74, 6) is -0.252. The van der Waals surface area contributed by atoms with Crippen molar-refractivity contribution in [3.8, 4) is 33.8 Å². The van der Waals surface area contributed by atoms with Gasteiger partial charge in [0.15, 0.2) is 0 Å². The van der Waals surface area contributed by atoms with Crippen LogP contribution in [0, 0.1) is 5.82 Å². The minimum absolute atomic E-state index is 0.252. The highest BCUT2D eigenvalue weighted by Crippen LogP contribution is 2.38. The molecule has 0 saturated carbocycles. The summed E-state index contributed by atoms with van der Waals surface area (Å²) in [6.07, 6.45) is 0.